The molecule has 26 heavy (non-hydrogen) atoms. The first-order valence-electron chi connectivity index (χ1n) is 8.68. The van der Waals surface area contributed by atoms with E-state index in [2.05, 4.69) is 30.4 Å². The smallest absolute Gasteiger partial charge is 0.222 e. The third kappa shape index (κ3) is 4.53. The molecule has 2 heterocycles. The lowest BCUT2D eigenvalue weighted by Gasteiger charge is -2.20. The lowest BCUT2D eigenvalue weighted by atomic mass is 10.0. The number of carbonyl (C=O) groups is 1. The predicted octanol–water partition coefficient (Wildman–Crippen LogP) is 1.82. The lowest BCUT2D eigenvalue weighted by molar-refractivity contribution is -0.122. The summed E-state index contributed by atoms with van der Waals surface area (Å²) in [5.41, 5.74) is 1.09. The zero-order valence-corrected chi connectivity index (χ0v) is 15.0. The van der Waals surface area contributed by atoms with Gasteiger partial charge in [-0.1, -0.05) is 30.3 Å². The van der Waals surface area contributed by atoms with Gasteiger partial charge in [0.15, 0.2) is 0 Å². The quantitative estimate of drug-likeness (QED) is 0.667. The Balaban J connectivity index is 1.62. The monoisotopic (exact) mass is 353 g/mol. The fourth-order valence-corrected chi connectivity index (χ4v) is 2.85. The number of rotatable bonds is 8. The summed E-state index contributed by atoms with van der Waals surface area (Å²) < 4.78 is 3.72. The van der Waals surface area contributed by atoms with Crippen LogP contribution in [0.4, 0.5) is 0 Å². The van der Waals surface area contributed by atoms with E-state index in [0.717, 1.165) is 24.4 Å². The van der Waals surface area contributed by atoms with Crippen molar-refractivity contribution in [2.24, 2.45) is 0 Å². The Kier molecular flexibility index (Phi) is 5.73. The van der Waals surface area contributed by atoms with Gasteiger partial charge in [0, 0.05) is 25.4 Å². The Morgan fingerprint density at radius 3 is 2.62 bits per heavy atom. The van der Waals surface area contributed by atoms with Gasteiger partial charge in [0.25, 0.3) is 0 Å². The van der Waals surface area contributed by atoms with Crippen molar-refractivity contribution in [2.45, 2.75) is 45.8 Å². The van der Waals surface area contributed by atoms with Crippen LogP contribution >= 0.6 is 0 Å². The molecule has 1 amide bonds. The molecule has 0 aliphatic carbocycles. The zero-order valence-electron chi connectivity index (χ0n) is 15.0. The molecule has 2 aromatic heterocycles. The molecular formula is C18H23N7O. The van der Waals surface area contributed by atoms with Crippen molar-refractivity contribution < 1.29 is 4.79 Å². The molecule has 0 aliphatic heterocycles. The highest BCUT2D eigenvalue weighted by atomic mass is 16.1. The standard InChI is InChI=1S/C18H23N7O/c1-14-19-10-13-24(14)11-8-17(16-6-4-3-5-7-16)20-18(26)9-12-25-15(2)21-22-23-25/h3-7,10,13,17H,8-9,11-12H2,1-2H3,(H,20,26)/t17-/m1/s1. The van der Waals surface area contributed by atoms with E-state index in [0.29, 0.717) is 18.8 Å². The van der Waals surface area contributed by atoms with Crippen LogP contribution < -0.4 is 5.32 Å². The SMILES string of the molecule is Cc1nccn1CC[C@@H](NC(=O)CCn1nnnc1C)c1ccccc1. The summed E-state index contributed by atoms with van der Waals surface area (Å²) in [4.78, 5) is 16.7. The van der Waals surface area contributed by atoms with Crippen LogP contribution in [0.5, 0.6) is 0 Å². The number of aromatic nitrogens is 6. The Bertz CT molecular complexity index is 840. The number of benzene rings is 1. The number of imidazole rings is 1. The summed E-state index contributed by atoms with van der Waals surface area (Å²) >= 11 is 0. The lowest BCUT2D eigenvalue weighted by Crippen LogP contribution is -2.30. The minimum atomic E-state index is -0.0551. The number of carbonyl (C=O) groups excluding carboxylic acids is 1. The van der Waals surface area contributed by atoms with Crippen molar-refractivity contribution in [1.82, 2.24) is 35.1 Å². The van der Waals surface area contributed by atoms with Crippen molar-refractivity contribution >= 4 is 5.91 Å². The molecule has 1 aromatic carbocycles. The number of amides is 1. The molecule has 1 N–H and O–H groups in total. The van der Waals surface area contributed by atoms with Crippen LogP contribution in [0.3, 0.4) is 0 Å². The molecule has 0 aliphatic rings. The van der Waals surface area contributed by atoms with E-state index < -0.39 is 0 Å². The molecular weight excluding hydrogens is 330 g/mol. The van der Waals surface area contributed by atoms with Crippen LogP contribution in [-0.2, 0) is 17.9 Å². The fraction of sp³-hybridized carbons (Fsp3) is 0.389. The van der Waals surface area contributed by atoms with E-state index in [1.165, 1.54) is 0 Å². The van der Waals surface area contributed by atoms with Crippen LogP contribution in [0, 0.1) is 13.8 Å². The molecule has 0 spiro atoms. The molecule has 0 bridgehead atoms. The highest BCUT2D eigenvalue weighted by Crippen LogP contribution is 2.18. The third-order valence-corrected chi connectivity index (χ3v) is 4.38. The topological polar surface area (TPSA) is 90.5 Å². The second-order valence-corrected chi connectivity index (χ2v) is 6.19. The first-order chi connectivity index (χ1) is 12.6. The van der Waals surface area contributed by atoms with E-state index in [-0.39, 0.29) is 11.9 Å². The van der Waals surface area contributed by atoms with E-state index in [9.17, 15) is 4.79 Å². The van der Waals surface area contributed by atoms with Gasteiger partial charge in [0.05, 0.1) is 12.6 Å². The molecule has 0 unspecified atom stereocenters. The minimum Gasteiger partial charge on any atom is -0.349 e. The van der Waals surface area contributed by atoms with Gasteiger partial charge in [-0.15, -0.1) is 5.10 Å². The summed E-state index contributed by atoms with van der Waals surface area (Å²) in [7, 11) is 0. The van der Waals surface area contributed by atoms with E-state index >= 15 is 0 Å². The van der Waals surface area contributed by atoms with Crippen LogP contribution in [0.25, 0.3) is 0 Å². The molecule has 3 rings (SSSR count). The summed E-state index contributed by atoms with van der Waals surface area (Å²) in [6, 6.07) is 9.97. The Morgan fingerprint density at radius 1 is 1.15 bits per heavy atom. The van der Waals surface area contributed by atoms with Crippen LogP contribution in [0.15, 0.2) is 42.7 Å². The fourth-order valence-electron chi connectivity index (χ4n) is 2.85. The van der Waals surface area contributed by atoms with E-state index in [4.69, 9.17) is 0 Å². The number of nitrogens with one attached hydrogen (secondary N) is 1. The Labute approximate surface area is 152 Å². The van der Waals surface area contributed by atoms with Crippen LogP contribution in [0.2, 0.25) is 0 Å². The Hall–Kier alpha value is -3.03. The molecule has 136 valence electrons. The summed E-state index contributed by atoms with van der Waals surface area (Å²) in [5, 5.41) is 14.4. The Morgan fingerprint density at radius 2 is 1.96 bits per heavy atom. The average molecular weight is 353 g/mol. The van der Waals surface area contributed by atoms with E-state index in [1.807, 2.05) is 50.4 Å². The van der Waals surface area contributed by atoms with E-state index in [1.54, 1.807) is 10.9 Å². The molecule has 0 saturated carbocycles. The first kappa shape index (κ1) is 17.8. The summed E-state index contributed by atoms with van der Waals surface area (Å²) in [5.74, 6) is 1.65. The first-order valence-corrected chi connectivity index (χ1v) is 8.68. The number of hydrogen-bond acceptors (Lipinski definition) is 5. The maximum atomic E-state index is 12.4. The van der Waals surface area contributed by atoms with Crippen molar-refractivity contribution in [3.05, 3.63) is 59.9 Å². The number of aryl methyl sites for hydroxylation is 4. The maximum Gasteiger partial charge on any atom is 0.222 e. The second-order valence-electron chi connectivity index (χ2n) is 6.19. The predicted molar refractivity (Wildman–Crippen MR) is 96.1 cm³/mol. The second kappa shape index (κ2) is 8.37. The summed E-state index contributed by atoms with van der Waals surface area (Å²) in [6.07, 6.45) is 4.87. The molecule has 0 fully saturated rings. The average Bonchev–Trinajstić information content (AvgIpc) is 3.25. The van der Waals surface area contributed by atoms with Crippen LogP contribution in [-0.4, -0.2) is 35.7 Å². The molecule has 0 saturated heterocycles. The highest BCUT2D eigenvalue weighted by molar-refractivity contribution is 5.76. The van der Waals surface area contributed by atoms with Gasteiger partial charge < -0.3 is 9.88 Å². The van der Waals surface area contributed by atoms with Crippen molar-refractivity contribution in [1.29, 1.82) is 0 Å². The molecule has 8 nitrogen and oxygen atoms in total. The van der Waals surface area contributed by atoms with Gasteiger partial charge in [0.1, 0.15) is 11.6 Å². The van der Waals surface area contributed by atoms with Gasteiger partial charge in [-0.25, -0.2) is 9.67 Å². The van der Waals surface area contributed by atoms with Gasteiger partial charge in [-0.3, -0.25) is 4.79 Å². The van der Waals surface area contributed by atoms with Gasteiger partial charge in [-0.05, 0) is 36.3 Å². The maximum absolute atomic E-state index is 12.4. The highest BCUT2D eigenvalue weighted by Gasteiger charge is 2.15. The number of tetrazole rings is 1. The van der Waals surface area contributed by atoms with Gasteiger partial charge >= 0.3 is 0 Å². The van der Waals surface area contributed by atoms with Gasteiger partial charge in [-0.2, -0.15) is 0 Å². The zero-order chi connectivity index (χ0) is 18.4. The molecule has 0 radical (unpaired) electrons. The van der Waals surface area contributed by atoms with Crippen molar-refractivity contribution in [2.75, 3.05) is 0 Å². The van der Waals surface area contributed by atoms with Crippen LogP contribution in [0.1, 0.15) is 36.1 Å². The molecule has 8 heteroatoms. The third-order valence-electron chi connectivity index (χ3n) is 4.38. The number of hydrogen-bond donors (Lipinski definition) is 1. The molecule has 3 aromatic rings. The normalized spacial score (nSPS) is 12.1. The van der Waals surface area contributed by atoms with Crippen molar-refractivity contribution in [3.8, 4) is 0 Å². The number of nitrogens with zero attached hydrogens (tertiary/aromatic N) is 6. The van der Waals surface area contributed by atoms with Crippen molar-refractivity contribution in [3.63, 3.8) is 0 Å². The van der Waals surface area contributed by atoms with Gasteiger partial charge in [0.2, 0.25) is 5.91 Å². The molecule has 1 atom stereocenters. The largest absolute Gasteiger partial charge is 0.349 e. The summed E-state index contributed by atoms with van der Waals surface area (Å²) in [6.45, 7) is 5.05. The minimum absolute atomic E-state index is 0.0175.